The Hall–Kier alpha value is -2.41. The molecule has 0 saturated heterocycles. The van der Waals surface area contributed by atoms with Gasteiger partial charge in [0.15, 0.2) is 0 Å². The largest absolute Gasteiger partial charge is 0.257 e. The SMILES string of the molecule is C(=Cc1ccccn1)c1ccccc1.C1=CCCC=C1. The highest BCUT2D eigenvalue weighted by Crippen LogP contribution is 2.05. The number of nitrogens with zero attached hydrogens (tertiary/aromatic N) is 1. The predicted octanol–water partition coefficient (Wildman–Crippen LogP) is 5.14. The van der Waals surface area contributed by atoms with Gasteiger partial charge in [0.25, 0.3) is 0 Å². The molecule has 1 heterocycles. The molecule has 2 aromatic rings. The van der Waals surface area contributed by atoms with Crippen LogP contribution in [0.15, 0.2) is 79.0 Å². The first-order valence-electron chi connectivity index (χ1n) is 6.91. The van der Waals surface area contributed by atoms with Crippen LogP contribution in [0.1, 0.15) is 24.1 Å². The highest BCUT2D eigenvalue weighted by molar-refractivity contribution is 5.67. The maximum Gasteiger partial charge on any atom is 0.0629 e. The van der Waals surface area contributed by atoms with Crippen LogP contribution >= 0.6 is 0 Å². The normalized spacial score (nSPS) is 13.0. The summed E-state index contributed by atoms with van der Waals surface area (Å²) in [6.07, 6.45) is 16.9. The Balaban J connectivity index is 0.000000205. The highest BCUT2D eigenvalue weighted by atomic mass is 14.6. The quantitative estimate of drug-likeness (QED) is 0.729. The molecule has 1 aromatic heterocycles. The summed E-state index contributed by atoms with van der Waals surface area (Å²) >= 11 is 0. The zero-order valence-electron chi connectivity index (χ0n) is 11.5. The molecule has 1 aromatic carbocycles. The summed E-state index contributed by atoms with van der Waals surface area (Å²) in [7, 11) is 0. The van der Waals surface area contributed by atoms with Crippen LogP contribution in [-0.2, 0) is 0 Å². The second kappa shape index (κ2) is 8.65. The molecule has 1 aliphatic carbocycles. The average Bonchev–Trinajstić information content (AvgIpc) is 2.57. The van der Waals surface area contributed by atoms with Crippen LogP contribution in [-0.4, -0.2) is 4.98 Å². The van der Waals surface area contributed by atoms with Crippen LogP contribution in [0, 0.1) is 0 Å². The lowest BCUT2D eigenvalue weighted by molar-refractivity contribution is 1.04. The number of aromatic nitrogens is 1. The number of rotatable bonds is 2. The average molecular weight is 261 g/mol. The van der Waals surface area contributed by atoms with E-state index < -0.39 is 0 Å². The van der Waals surface area contributed by atoms with Crippen LogP contribution in [0.2, 0.25) is 0 Å². The third-order valence-electron chi connectivity index (χ3n) is 2.82. The van der Waals surface area contributed by atoms with Gasteiger partial charge in [-0.1, -0.05) is 66.8 Å². The molecule has 0 N–H and O–H groups in total. The van der Waals surface area contributed by atoms with Crippen LogP contribution in [0.25, 0.3) is 12.2 Å². The molecule has 0 saturated carbocycles. The van der Waals surface area contributed by atoms with E-state index in [1.165, 1.54) is 18.4 Å². The standard InChI is InChI=1S/C13H11N.C6H8/c1-2-6-12(7-3-1)9-10-13-8-4-5-11-14-13;1-2-4-6-5-3-1/h1-11H;1-4H,5-6H2. The molecule has 1 nitrogen and oxygen atoms in total. The predicted molar refractivity (Wildman–Crippen MR) is 87.1 cm³/mol. The Morgan fingerprint density at radius 2 is 1.45 bits per heavy atom. The Morgan fingerprint density at radius 1 is 0.750 bits per heavy atom. The molecule has 0 unspecified atom stereocenters. The van der Waals surface area contributed by atoms with E-state index >= 15 is 0 Å². The molecule has 0 atom stereocenters. The lowest BCUT2D eigenvalue weighted by Gasteiger charge is -1.92. The van der Waals surface area contributed by atoms with Gasteiger partial charge in [-0.05, 0) is 36.6 Å². The van der Waals surface area contributed by atoms with Crippen molar-refractivity contribution >= 4 is 12.2 Å². The fourth-order valence-corrected chi connectivity index (χ4v) is 1.76. The van der Waals surface area contributed by atoms with Gasteiger partial charge in [0.2, 0.25) is 0 Å². The van der Waals surface area contributed by atoms with E-state index in [0.29, 0.717) is 0 Å². The number of hydrogen-bond acceptors (Lipinski definition) is 1. The van der Waals surface area contributed by atoms with Crippen LogP contribution in [0.4, 0.5) is 0 Å². The number of benzene rings is 1. The third kappa shape index (κ3) is 5.49. The molecule has 0 fully saturated rings. The smallest absolute Gasteiger partial charge is 0.0629 e. The second-order valence-electron chi connectivity index (χ2n) is 4.43. The van der Waals surface area contributed by atoms with E-state index in [1.807, 2.05) is 42.5 Å². The molecular weight excluding hydrogens is 242 g/mol. The van der Waals surface area contributed by atoms with Gasteiger partial charge < -0.3 is 0 Å². The van der Waals surface area contributed by atoms with Crippen molar-refractivity contribution in [1.82, 2.24) is 4.98 Å². The van der Waals surface area contributed by atoms with Crippen molar-refractivity contribution in [1.29, 1.82) is 0 Å². The maximum atomic E-state index is 4.21. The van der Waals surface area contributed by atoms with Gasteiger partial charge in [0, 0.05) is 6.20 Å². The number of pyridine rings is 1. The molecule has 20 heavy (non-hydrogen) atoms. The summed E-state index contributed by atoms with van der Waals surface area (Å²) in [5.41, 5.74) is 2.18. The molecule has 0 aliphatic heterocycles. The van der Waals surface area contributed by atoms with Gasteiger partial charge in [-0.25, -0.2) is 0 Å². The summed E-state index contributed by atoms with van der Waals surface area (Å²) in [5.74, 6) is 0. The molecule has 0 radical (unpaired) electrons. The van der Waals surface area contributed by atoms with E-state index in [1.54, 1.807) is 6.20 Å². The summed E-state index contributed by atoms with van der Waals surface area (Å²) < 4.78 is 0. The minimum Gasteiger partial charge on any atom is -0.257 e. The Kier molecular flexibility index (Phi) is 6.06. The number of allylic oxidation sites excluding steroid dienone is 4. The molecule has 0 bridgehead atoms. The highest BCUT2D eigenvalue weighted by Gasteiger charge is 1.85. The lowest BCUT2D eigenvalue weighted by atomic mass is 10.2. The van der Waals surface area contributed by atoms with Gasteiger partial charge in [-0.2, -0.15) is 0 Å². The van der Waals surface area contributed by atoms with Crippen molar-refractivity contribution in [2.45, 2.75) is 12.8 Å². The zero-order valence-corrected chi connectivity index (χ0v) is 11.5. The summed E-state index contributed by atoms with van der Waals surface area (Å²) in [6, 6.07) is 16.1. The van der Waals surface area contributed by atoms with Crippen molar-refractivity contribution < 1.29 is 0 Å². The van der Waals surface area contributed by atoms with Crippen LogP contribution < -0.4 is 0 Å². The van der Waals surface area contributed by atoms with E-state index in [-0.39, 0.29) is 0 Å². The third-order valence-corrected chi connectivity index (χ3v) is 2.82. The summed E-state index contributed by atoms with van der Waals surface area (Å²) in [6.45, 7) is 0. The molecule has 100 valence electrons. The molecule has 0 amide bonds. The minimum atomic E-state index is 0.983. The minimum absolute atomic E-state index is 0.983. The lowest BCUT2D eigenvalue weighted by Crippen LogP contribution is -1.76. The molecule has 0 spiro atoms. The first-order valence-corrected chi connectivity index (χ1v) is 6.91. The van der Waals surface area contributed by atoms with Crippen LogP contribution in [0.5, 0.6) is 0 Å². The van der Waals surface area contributed by atoms with Crippen LogP contribution in [0.3, 0.4) is 0 Å². The first kappa shape index (κ1) is 14.0. The van der Waals surface area contributed by atoms with E-state index in [9.17, 15) is 0 Å². The van der Waals surface area contributed by atoms with Gasteiger partial charge in [0.05, 0.1) is 5.69 Å². The summed E-state index contributed by atoms with van der Waals surface area (Å²) in [4.78, 5) is 4.21. The fraction of sp³-hybridized carbons (Fsp3) is 0.105. The topological polar surface area (TPSA) is 12.9 Å². The Labute approximate surface area is 121 Å². The Bertz CT molecular complexity index is 512. The van der Waals surface area contributed by atoms with E-state index in [4.69, 9.17) is 0 Å². The van der Waals surface area contributed by atoms with Crippen molar-refractivity contribution in [3.05, 3.63) is 90.3 Å². The van der Waals surface area contributed by atoms with Crippen molar-refractivity contribution in [3.8, 4) is 0 Å². The molecule has 3 rings (SSSR count). The van der Waals surface area contributed by atoms with E-state index in [2.05, 4.69) is 47.5 Å². The fourth-order valence-electron chi connectivity index (χ4n) is 1.76. The summed E-state index contributed by atoms with van der Waals surface area (Å²) in [5, 5.41) is 0. The van der Waals surface area contributed by atoms with Crippen molar-refractivity contribution in [3.63, 3.8) is 0 Å². The Morgan fingerprint density at radius 3 is 2.00 bits per heavy atom. The monoisotopic (exact) mass is 261 g/mol. The van der Waals surface area contributed by atoms with Gasteiger partial charge in [-0.15, -0.1) is 0 Å². The van der Waals surface area contributed by atoms with E-state index in [0.717, 1.165) is 5.69 Å². The maximum absolute atomic E-state index is 4.21. The first-order chi connectivity index (χ1) is 9.95. The van der Waals surface area contributed by atoms with Crippen molar-refractivity contribution in [2.24, 2.45) is 0 Å². The van der Waals surface area contributed by atoms with Gasteiger partial charge in [0.1, 0.15) is 0 Å². The van der Waals surface area contributed by atoms with Gasteiger partial charge in [-0.3, -0.25) is 4.98 Å². The second-order valence-corrected chi connectivity index (χ2v) is 4.43. The number of hydrogen-bond donors (Lipinski definition) is 0. The van der Waals surface area contributed by atoms with Gasteiger partial charge >= 0.3 is 0 Å². The molecule has 1 heteroatoms. The molecule has 1 aliphatic rings. The zero-order chi connectivity index (χ0) is 13.9. The van der Waals surface area contributed by atoms with Crippen molar-refractivity contribution in [2.75, 3.05) is 0 Å². The molecular formula is C19H19N.